The molecule has 3 heterocycles. The molecule has 6 heteroatoms. The van der Waals surface area contributed by atoms with Crippen molar-refractivity contribution >= 4 is 23.1 Å². The summed E-state index contributed by atoms with van der Waals surface area (Å²) >= 11 is 0. The standard InChI is InChI=1S/C20H22N4O2/c25-19-15-18(16-5-2-1-3-6-16)22-17-7-4-8-21-20(17)24(19)10-9-23-11-13-26-14-12-23/h1-8H,9-15H2. The van der Waals surface area contributed by atoms with Crippen molar-refractivity contribution in [3.05, 3.63) is 54.2 Å². The number of aliphatic imine (C=N–C) groups is 1. The van der Waals surface area contributed by atoms with Gasteiger partial charge in [0.15, 0.2) is 5.82 Å². The lowest BCUT2D eigenvalue weighted by atomic mass is 10.1. The zero-order chi connectivity index (χ0) is 17.8. The van der Waals surface area contributed by atoms with Gasteiger partial charge in [0.05, 0.1) is 25.3 Å². The molecular weight excluding hydrogens is 328 g/mol. The number of pyridine rings is 1. The highest BCUT2D eigenvalue weighted by Gasteiger charge is 2.26. The van der Waals surface area contributed by atoms with Crippen molar-refractivity contribution < 1.29 is 9.53 Å². The molecule has 1 fully saturated rings. The van der Waals surface area contributed by atoms with E-state index in [4.69, 9.17) is 9.73 Å². The Morgan fingerprint density at radius 3 is 2.62 bits per heavy atom. The van der Waals surface area contributed by atoms with E-state index < -0.39 is 0 Å². The lowest BCUT2D eigenvalue weighted by Gasteiger charge is -2.29. The Labute approximate surface area is 153 Å². The number of anilines is 1. The molecule has 6 nitrogen and oxygen atoms in total. The number of amides is 1. The van der Waals surface area contributed by atoms with Crippen LogP contribution in [0.3, 0.4) is 0 Å². The van der Waals surface area contributed by atoms with Gasteiger partial charge in [-0.15, -0.1) is 0 Å². The average Bonchev–Trinajstić information content (AvgIpc) is 2.84. The quantitative estimate of drug-likeness (QED) is 0.849. The minimum absolute atomic E-state index is 0.0401. The number of hydrogen-bond acceptors (Lipinski definition) is 5. The monoisotopic (exact) mass is 350 g/mol. The van der Waals surface area contributed by atoms with Crippen molar-refractivity contribution in [2.24, 2.45) is 4.99 Å². The number of rotatable bonds is 4. The van der Waals surface area contributed by atoms with Crippen LogP contribution in [0.25, 0.3) is 0 Å². The second kappa shape index (κ2) is 7.76. The van der Waals surface area contributed by atoms with Crippen LogP contribution in [0.2, 0.25) is 0 Å². The van der Waals surface area contributed by atoms with Gasteiger partial charge >= 0.3 is 0 Å². The Morgan fingerprint density at radius 2 is 1.81 bits per heavy atom. The molecule has 1 amide bonds. The van der Waals surface area contributed by atoms with Crippen LogP contribution in [-0.2, 0) is 9.53 Å². The van der Waals surface area contributed by atoms with Gasteiger partial charge in [0, 0.05) is 32.4 Å². The van der Waals surface area contributed by atoms with Crippen molar-refractivity contribution in [2.75, 3.05) is 44.3 Å². The summed E-state index contributed by atoms with van der Waals surface area (Å²) in [6.45, 7) is 4.74. The molecule has 0 aliphatic carbocycles. The van der Waals surface area contributed by atoms with Crippen LogP contribution in [0, 0.1) is 0 Å². The van der Waals surface area contributed by atoms with Gasteiger partial charge < -0.3 is 4.74 Å². The lowest BCUT2D eigenvalue weighted by molar-refractivity contribution is -0.117. The average molecular weight is 350 g/mol. The van der Waals surface area contributed by atoms with Gasteiger partial charge in [0.2, 0.25) is 5.91 Å². The van der Waals surface area contributed by atoms with E-state index in [-0.39, 0.29) is 12.3 Å². The fraction of sp³-hybridized carbons (Fsp3) is 0.350. The maximum absolute atomic E-state index is 13.0. The van der Waals surface area contributed by atoms with Crippen molar-refractivity contribution in [1.29, 1.82) is 0 Å². The van der Waals surface area contributed by atoms with Crippen LogP contribution >= 0.6 is 0 Å². The van der Waals surface area contributed by atoms with E-state index in [0.29, 0.717) is 12.4 Å². The van der Waals surface area contributed by atoms with Crippen molar-refractivity contribution in [3.63, 3.8) is 0 Å². The first-order valence-corrected chi connectivity index (χ1v) is 9.00. The number of carbonyl (C=O) groups is 1. The summed E-state index contributed by atoms with van der Waals surface area (Å²) in [4.78, 5) is 26.3. The second-order valence-electron chi connectivity index (χ2n) is 6.45. The minimum atomic E-state index is 0.0401. The molecule has 0 radical (unpaired) electrons. The number of carbonyl (C=O) groups excluding carboxylic acids is 1. The normalized spacial score (nSPS) is 18.2. The van der Waals surface area contributed by atoms with Crippen LogP contribution in [0.1, 0.15) is 12.0 Å². The van der Waals surface area contributed by atoms with Gasteiger partial charge in [-0.3, -0.25) is 14.6 Å². The van der Waals surface area contributed by atoms with Crippen LogP contribution in [0.15, 0.2) is 53.7 Å². The minimum Gasteiger partial charge on any atom is -0.379 e. The first-order chi connectivity index (χ1) is 12.8. The lowest BCUT2D eigenvalue weighted by Crippen LogP contribution is -2.43. The molecule has 134 valence electrons. The summed E-state index contributed by atoms with van der Waals surface area (Å²) in [5.74, 6) is 0.690. The topological polar surface area (TPSA) is 58.0 Å². The number of ether oxygens (including phenoxy) is 1. The van der Waals surface area contributed by atoms with Crippen LogP contribution in [-0.4, -0.2) is 60.9 Å². The highest BCUT2D eigenvalue weighted by molar-refractivity contribution is 6.17. The molecule has 0 atom stereocenters. The second-order valence-corrected chi connectivity index (χ2v) is 6.45. The maximum atomic E-state index is 13.0. The molecule has 0 spiro atoms. The number of hydrogen-bond donors (Lipinski definition) is 0. The van der Waals surface area contributed by atoms with Gasteiger partial charge in [-0.05, 0) is 17.7 Å². The van der Waals surface area contributed by atoms with Gasteiger partial charge in [-0.25, -0.2) is 9.98 Å². The molecule has 1 aromatic carbocycles. The summed E-state index contributed by atoms with van der Waals surface area (Å²) in [6, 6.07) is 13.7. The van der Waals surface area contributed by atoms with E-state index in [1.165, 1.54) is 0 Å². The summed E-state index contributed by atoms with van der Waals surface area (Å²) in [7, 11) is 0. The van der Waals surface area contributed by atoms with Crippen LogP contribution in [0.5, 0.6) is 0 Å². The molecule has 26 heavy (non-hydrogen) atoms. The molecule has 1 saturated heterocycles. The number of benzene rings is 1. The molecule has 0 saturated carbocycles. The smallest absolute Gasteiger partial charge is 0.234 e. The maximum Gasteiger partial charge on any atom is 0.234 e. The van der Waals surface area contributed by atoms with Gasteiger partial charge in [-0.2, -0.15) is 0 Å². The van der Waals surface area contributed by atoms with E-state index in [1.807, 2.05) is 42.5 Å². The predicted octanol–water partition coefficient (Wildman–Crippen LogP) is 2.27. The number of aromatic nitrogens is 1. The fourth-order valence-electron chi connectivity index (χ4n) is 3.32. The Bertz CT molecular complexity index is 800. The number of morpholine rings is 1. The molecule has 4 rings (SSSR count). The first kappa shape index (κ1) is 16.9. The Kier molecular flexibility index (Phi) is 5.04. The highest BCUT2D eigenvalue weighted by Crippen LogP contribution is 2.30. The van der Waals surface area contributed by atoms with E-state index in [9.17, 15) is 4.79 Å². The molecule has 2 aliphatic rings. The third-order valence-electron chi connectivity index (χ3n) is 4.75. The molecule has 2 aromatic rings. The Balaban J connectivity index is 1.59. The summed E-state index contributed by atoms with van der Waals surface area (Å²) < 4.78 is 5.40. The van der Waals surface area contributed by atoms with Crippen molar-refractivity contribution in [2.45, 2.75) is 6.42 Å². The van der Waals surface area contributed by atoms with Crippen molar-refractivity contribution in [1.82, 2.24) is 9.88 Å². The molecule has 0 N–H and O–H groups in total. The Morgan fingerprint density at radius 1 is 1.00 bits per heavy atom. The highest BCUT2D eigenvalue weighted by atomic mass is 16.5. The van der Waals surface area contributed by atoms with E-state index >= 15 is 0 Å². The zero-order valence-electron chi connectivity index (χ0n) is 14.7. The van der Waals surface area contributed by atoms with E-state index in [1.54, 1.807) is 11.1 Å². The van der Waals surface area contributed by atoms with Gasteiger partial charge in [0.1, 0.15) is 5.69 Å². The summed E-state index contributed by atoms with van der Waals surface area (Å²) in [6.07, 6.45) is 2.00. The van der Waals surface area contributed by atoms with Crippen LogP contribution in [0.4, 0.5) is 11.5 Å². The molecule has 0 bridgehead atoms. The summed E-state index contributed by atoms with van der Waals surface area (Å²) in [5.41, 5.74) is 2.52. The molecular formula is C20H22N4O2. The van der Waals surface area contributed by atoms with Crippen LogP contribution < -0.4 is 4.90 Å². The van der Waals surface area contributed by atoms with E-state index in [2.05, 4.69) is 9.88 Å². The van der Waals surface area contributed by atoms with E-state index in [0.717, 1.165) is 49.8 Å². The number of nitrogens with zero attached hydrogens (tertiary/aromatic N) is 4. The summed E-state index contributed by atoms with van der Waals surface area (Å²) in [5, 5.41) is 0. The fourth-order valence-corrected chi connectivity index (χ4v) is 3.32. The van der Waals surface area contributed by atoms with Crippen molar-refractivity contribution in [3.8, 4) is 0 Å². The predicted molar refractivity (Wildman–Crippen MR) is 101 cm³/mol. The van der Waals surface area contributed by atoms with Gasteiger partial charge in [-0.1, -0.05) is 30.3 Å². The Hall–Kier alpha value is -2.57. The van der Waals surface area contributed by atoms with Gasteiger partial charge in [0.25, 0.3) is 0 Å². The molecule has 2 aliphatic heterocycles. The molecule has 0 unspecified atom stereocenters. The largest absolute Gasteiger partial charge is 0.379 e. The third kappa shape index (κ3) is 3.66. The third-order valence-corrected chi connectivity index (χ3v) is 4.75. The SMILES string of the molecule is O=C1CC(c2ccccc2)=Nc2cccnc2N1CCN1CCOCC1. The molecule has 1 aromatic heterocycles. The first-order valence-electron chi connectivity index (χ1n) is 9.00. The zero-order valence-corrected chi connectivity index (χ0v) is 14.7. The number of fused-ring (bicyclic) bond motifs is 1.